The largest absolute Gasteiger partial charge is 0.480 e. The van der Waals surface area contributed by atoms with Crippen molar-refractivity contribution in [3.8, 4) is 5.88 Å². The van der Waals surface area contributed by atoms with Gasteiger partial charge in [-0.25, -0.2) is 0 Å². The van der Waals surface area contributed by atoms with Crippen molar-refractivity contribution < 1.29 is 9.47 Å². The molecule has 1 aromatic heterocycles. The summed E-state index contributed by atoms with van der Waals surface area (Å²) in [6.07, 6.45) is 1.02. The number of hydrogen-bond acceptors (Lipinski definition) is 6. The van der Waals surface area contributed by atoms with Crippen molar-refractivity contribution in [3.05, 3.63) is 4.88 Å². The predicted octanol–water partition coefficient (Wildman–Crippen LogP) is 2.37. The van der Waals surface area contributed by atoms with Gasteiger partial charge in [0.15, 0.2) is 5.13 Å². The molecule has 0 aliphatic heterocycles. The van der Waals surface area contributed by atoms with Crippen LogP contribution in [0.5, 0.6) is 5.88 Å². The van der Waals surface area contributed by atoms with Gasteiger partial charge in [0.1, 0.15) is 0 Å². The standard InChI is InChI=1S/C14H27N3O2S/c1-11(2)10-19-8-6-7-15-9-12-13(18-5)16-14(20-12)17(3)4/h11,15H,6-10H2,1-5H3. The molecule has 116 valence electrons. The molecule has 0 spiro atoms. The molecule has 0 fully saturated rings. The van der Waals surface area contributed by atoms with Crippen LogP contribution in [0.15, 0.2) is 0 Å². The maximum Gasteiger partial charge on any atom is 0.230 e. The highest BCUT2D eigenvalue weighted by Crippen LogP contribution is 2.30. The Morgan fingerprint density at radius 3 is 2.70 bits per heavy atom. The summed E-state index contributed by atoms with van der Waals surface area (Å²) in [4.78, 5) is 7.57. The summed E-state index contributed by atoms with van der Waals surface area (Å²) in [5, 5.41) is 4.38. The van der Waals surface area contributed by atoms with Crippen LogP contribution in [0.25, 0.3) is 0 Å². The lowest BCUT2D eigenvalue weighted by atomic mass is 10.2. The Bertz CT molecular complexity index is 380. The number of anilines is 1. The van der Waals surface area contributed by atoms with E-state index in [0.717, 1.165) is 48.6 Å². The van der Waals surface area contributed by atoms with E-state index >= 15 is 0 Å². The van der Waals surface area contributed by atoms with Crippen LogP contribution in [0.1, 0.15) is 25.1 Å². The summed E-state index contributed by atoms with van der Waals surface area (Å²) in [7, 11) is 5.64. The smallest absolute Gasteiger partial charge is 0.230 e. The highest BCUT2D eigenvalue weighted by Gasteiger charge is 2.12. The second-order valence-corrected chi connectivity index (χ2v) is 6.38. The van der Waals surface area contributed by atoms with E-state index in [4.69, 9.17) is 9.47 Å². The number of methoxy groups -OCH3 is 1. The summed E-state index contributed by atoms with van der Waals surface area (Å²) in [6.45, 7) is 7.71. The molecule has 1 N–H and O–H groups in total. The average Bonchev–Trinajstić information content (AvgIpc) is 2.80. The first-order valence-electron chi connectivity index (χ1n) is 7.04. The van der Waals surface area contributed by atoms with E-state index in [9.17, 15) is 0 Å². The molecule has 0 aliphatic rings. The van der Waals surface area contributed by atoms with E-state index < -0.39 is 0 Å². The number of nitrogens with one attached hydrogen (secondary N) is 1. The minimum atomic E-state index is 0.605. The molecule has 1 aromatic rings. The SMILES string of the molecule is COc1nc(N(C)C)sc1CNCCCOCC(C)C. The van der Waals surface area contributed by atoms with E-state index in [1.165, 1.54) is 0 Å². The Labute approximate surface area is 126 Å². The third-order valence-corrected chi connectivity index (χ3v) is 3.81. The molecule has 0 bridgehead atoms. The number of nitrogens with zero attached hydrogens (tertiary/aromatic N) is 2. The lowest BCUT2D eigenvalue weighted by Crippen LogP contribution is -2.16. The Morgan fingerprint density at radius 2 is 2.10 bits per heavy atom. The van der Waals surface area contributed by atoms with Gasteiger partial charge in [-0.05, 0) is 18.9 Å². The number of hydrogen-bond donors (Lipinski definition) is 1. The Balaban J connectivity index is 2.24. The van der Waals surface area contributed by atoms with Gasteiger partial charge in [-0.2, -0.15) is 4.98 Å². The zero-order chi connectivity index (χ0) is 15.0. The van der Waals surface area contributed by atoms with Crippen LogP contribution in [0.3, 0.4) is 0 Å². The molecule has 0 atom stereocenters. The van der Waals surface area contributed by atoms with E-state index in [2.05, 4.69) is 24.1 Å². The van der Waals surface area contributed by atoms with E-state index in [1.54, 1.807) is 18.4 Å². The van der Waals surface area contributed by atoms with Crippen molar-refractivity contribution in [3.63, 3.8) is 0 Å². The molecular weight excluding hydrogens is 274 g/mol. The summed E-state index contributed by atoms with van der Waals surface area (Å²) in [5.41, 5.74) is 0. The first-order chi connectivity index (χ1) is 9.54. The molecular formula is C14H27N3O2S. The predicted molar refractivity (Wildman–Crippen MR) is 85.0 cm³/mol. The molecule has 6 heteroatoms. The molecule has 0 aliphatic carbocycles. The van der Waals surface area contributed by atoms with E-state index in [-0.39, 0.29) is 0 Å². The molecule has 1 rings (SSSR count). The van der Waals surface area contributed by atoms with Crippen LogP contribution in [0.4, 0.5) is 5.13 Å². The monoisotopic (exact) mass is 301 g/mol. The first-order valence-corrected chi connectivity index (χ1v) is 7.85. The van der Waals surface area contributed by atoms with Crippen molar-refractivity contribution >= 4 is 16.5 Å². The third-order valence-electron chi connectivity index (χ3n) is 2.61. The van der Waals surface area contributed by atoms with Crippen molar-refractivity contribution in [1.82, 2.24) is 10.3 Å². The second-order valence-electron chi connectivity index (χ2n) is 5.32. The van der Waals surface area contributed by atoms with Crippen LogP contribution < -0.4 is 15.0 Å². The molecule has 0 amide bonds. The quantitative estimate of drug-likeness (QED) is 0.672. The maximum atomic E-state index is 5.55. The minimum Gasteiger partial charge on any atom is -0.480 e. The van der Waals surface area contributed by atoms with Crippen molar-refractivity contribution in [2.45, 2.75) is 26.8 Å². The molecule has 0 aromatic carbocycles. The normalized spacial score (nSPS) is 11.1. The van der Waals surface area contributed by atoms with Gasteiger partial charge in [0.25, 0.3) is 0 Å². The van der Waals surface area contributed by atoms with Gasteiger partial charge in [0.2, 0.25) is 5.88 Å². The van der Waals surface area contributed by atoms with Crippen LogP contribution in [-0.4, -0.2) is 45.9 Å². The summed E-state index contributed by atoms with van der Waals surface area (Å²) in [5.74, 6) is 1.33. The molecule has 0 saturated heterocycles. The molecule has 5 nitrogen and oxygen atoms in total. The highest BCUT2D eigenvalue weighted by molar-refractivity contribution is 7.15. The van der Waals surface area contributed by atoms with Gasteiger partial charge in [-0.1, -0.05) is 25.2 Å². The Morgan fingerprint density at radius 1 is 1.35 bits per heavy atom. The fraction of sp³-hybridized carbons (Fsp3) is 0.786. The first kappa shape index (κ1) is 17.2. The fourth-order valence-corrected chi connectivity index (χ4v) is 2.53. The van der Waals surface area contributed by atoms with Crippen LogP contribution >= 0.6 is 11.3 Å². The van der Waals surface area contributed by atoms with Crippen LogP contribution in [0.2, 0.25) is 0 Å². The number of thiazole rings is 1. The minimum absolute atomic E-state index is 0.605. The van der Waals surface area contributed by atoms with Gasteiger partial charge in [-0.15, -0.1) is 0 Å². The van der Waals surface area contributed by atoms with Gasteiger partial charge in [0, 0.05) is 33.9 Å². The number of aromatic nitrogens is 1. The second kappa shape index (κ2) is 9.15. The Kier molecular flexibility index (Phi) is 7.87. The topological polar surface area (TPSA) is 46.6 Å². The zero-order valence-corrected chi connectivity index (χ0v) is 14.0. The average molecular weight is 301 g/mol. The fourth-order valence-electron chi connectivity index (χ4n) is 1.61. The maximum absolute atomic E-state index is 5.55. The van der Waals surface area contributed by atoms with Gasteiger partial charge in [0.05, 0.1) is 12.0 Å². The lowest BCUT2D eigenvalue weighted by Gasteiger charge is -2.07. The van der Waals surface area contributed by atoms with Gasteiger partial charge < -0.3 is 19.7 Å². The van der Waals surface area contributed by atoms with Crippen molar-refractivity contribution in [2.75, 3.05) is 45.9 Å². The number of rotatable bonds is 10. The van der Waals surface area contributed by atoms with Crippen molar-refractivity contribution in [2.24, 2.45) is 5.92 Å². The van der Waals surface area contributed by atoms with Crippen LogP contribution in [-0.2, 0) is 11.3 Å². The lowest BCUT2D eigenvalue weighted by molar-refractivity contribution is 0.108. The van der Waals surface area contributed by atoms with Crippen molar-refractivity contribution in [1.29, 1.82) is 0 Å². The van der Waals surface area contributed by atoms with Gasteiger partial charge in [-0.3, -0.25) is 0 Å². The zero-order valence-electron chi connectivity index (χ0n) is 13.2. The molecule has 0 unspecified atom stereocenters. The highest BCUT2D eigenvalue weighted by atomic mass is 32.1. The molecule has 0 radical (unpaired) electrons. The van der Waals surface area contributed by atoms with Gasteiger partial charge >= 0.3 is 0 Å². The summed E-state index contributed by atoms with van der Waals surface area (Å²) in [6, 6.07) is 0. The molecule has 20 heavy (non-hydrogen) atoms. The summed E-state index contributed by atoms with van der Waals surface area (Å²) >= 11 is 1.66. The van der Waals surface area contributed by atoms with E-state index in [0.29, 0.717) is 5.92 Å². The number of ether oxygens (including phenoxy) is 2. The Hall–Kier alpha value is -0.850. The molecule has 1 heterocycles. The van der Waals surface area contributed by atoms with E-state index in [1.807, 2.05) is 19.0 Å². The summed E-state index contributed by atoms with van der Waals surface area (Å²) < 4.78 is 10.9. The third kappa shape index (κ3) is 6.07. The van der Waals surface area contributed by atoms with Crippen LogP contribution in [0, 0.1) is 5.92 Å². The molecule has 0 saturated carbocycles.